The van der Waals surface area contributed by atoms with Crippen molar-refractivity contribution in [1.29, 1.82) is 0 Å². The zero-order valence-electron chi connectivity index (χ0n) is 18.2. The largest absolute Gasteiger partial charge is 0.495 e. The second kappa shape index (κ2) is 8.49. The number of anilines is 4. The van der Waals surface area contributed by atoms with Gasteiger partial charge in [0.25, 0.3) is 5.91 Å². The molecule has 1 amide bonds. The van der Waals surface area contributed by atoms with Crippen LogP contribution in [0.1, 0.15) is 36.0 Å². The molecule has 1 aliphatic carbocycles. The smallest absolute Gasteiger partial charge is 0.342 e. The maximum absolute atomic E-state index is 14.7. The summed E-state index contributed by atoms with van der Waals surface area (Å²) in [6.07, 6.45) is 3.36. The lowest BCUT2D eigenvalue weighted by molar-refractivity contribution is -0.140. The number of ether oxygens (including phenoxy) is 1. The van der Waals surface area contributed by atoms with Crippen LogP contribution < -0.4 is 19.9 Å². The number of alkyl halides is 2. The van der Waals surface area contributed by atoms with Crippen LogP contribution in [0.25, 0.3) is 0 Å². The van der Waals surface area contributed by atoms with E-state index in [1.54, 1.807) is 23.1 Å². The predicted molar refractivity (Wildman–Crippen MR) is 118 cm³/mol. The van der Waals surface area contributed by atoms with E-state index in [9.17, 15) is 22.8 Å². The highest BCUT2D eigenvalue weighted by Crippen LogP contribution is 2.42. The number of nitrogens with zero attached hydrogens (tertiary/aromatic N) is 2. The number of aromatic carboxylic acids is 1. The zero-order chi connectivity index (χ0) is 23.9. The van der Waals surface area contributed by atoms with Gasteiger partial charge in [0.15, 0.2) is 0 Å². The molecule has 1 saturated carbocycles. The van der Waals surface area contributed by atoms with Crippen molar-refractivity contribution in [3.8, 4) is 5.75 Å². The van der Waals surface area contributed by atoms with Crippen molar-refractivity contribution < 1.29 is 32.6 Å². The number of hydrogen-bond donors (Lipinski definition) is 2. The van der Waals surface area contributed by atoms with Gasteiger partial charge >= 0.3 is 11.9 Å². The fourth-order valence-electron chi connectivity index (χ4n) is 4.52. The van der Waals surface area contributed by atoms with Crippen molar-refractivity contribution in [2.24, 2.45) is 0 Å². The van der Waals surface area contributed by atoms with Gasteiger partial charge in [-0.25, -0.2) is 9.18 Å². The number of methoxy groups -OCH3 is 1. The van der Waals surface area contributed by atoms with E-state index in [-0.39, 0.29) is 17.5 Å². The molecule has 7 nitrogen and oxygen atoms in total. The molecule has 0 saturated heterocycles. The van der Waals surface area contributed by atoms with Gasteiger partial charge < -0.3 is 25.0 Å². The molecule has 1 aliphatic heterocycles. The molecular formula is C23H24F3N3O4. The fourth-order valence-corrected chi connectivity index (χ4v) is 4.52. The van der Waals surface area contributed by atoms with Gasteiger partial charge in [0.2, 0.25) is 0 Å². The summed E-state index contributed by atoms with van der Waals surface area (Å²) in [5.41, 5.74) is 0.920. The first-order chi connectivity index (χ1) is 15.6. The van der Waals surface area contributed by atoms with Crippen molar-refractivity contribution >= 4 is 34.6 Å². The van der Waals surface area contributed by atoms with Gasteiger partial charge in [-0.2, -0.15) is 8.78 Å². The second-order valence-corrected chi connectivity index (χ2v) is 8.30. The van der Waals surface area contributed by atoms with Crippen LogP contribution in [-0.2, 0) is 4.79 Å². The third-order valence-corrected chi connectivity index (χ3v) is 6.20. The lowest BCUT2D eigenvalue weighted by atomic mass is 10.1. The topological polar surface area (TPSA) is 82.1 Å². The number of halogens is 3. The minimum atomic E-state index is -3.54. The monoisotopic (exact) mass is 463 g/mol. The summed E-state index contributed by atoms with van der Waals surface area (Å²) in [5.74, 6) is -7.07. The van der Waals surface area contributed by atoms with Gasteiger partial charge in [-0.1, -0.05) is 12.8 Å². The maximum atomic E-state index is 14.7. The van der Waals surface area contributed by atoms with Crippen LogP contribution >= 0.6 is 0 Å². The van der Waals surface area contributed by atoms with Crippen LogP contribution in [-0.4, -0.2) is 49.6 Å². The second-order valence-electron chi connectivity index (χ2n) is 8.30. The van der Waals surface area contributed by atoms with Crippen LogP contribution in [0.5, 0.6) is 5.75 Å². The molecule has 1 fully saturated rings. The third kappa shape index (κ3) is 4.17. The highest BCUT2D eigenvalue weighted by Gasteiger charge is 2.48. The van der Waals surface area contributed by atoms with Crippen molar-refractivity contribution in [3.05, 3.63) is 41.7 Å². The first kappa shape index (κ1) is 22.8. The summed E-state index contributed by atoms with van der Waals surface area (Å²) in [4.78, 5) is 26.2. The van der Waals surface area contributed by atoms with Crippen LogP contribution in [0.4, 0.5) is 35.9 Å². The minimum absolute atomic E-state index is 0.107. The van der Waals surface area contributed by atoms with Crippen LogP contribution in [0.2, 0.25) is 0 Å². The van der Waals surface area contributed by atoms with E-state index < -0.39 is 35.7 Å². The van der Waals surface area contributed by atoms with Gasteiger partial charge in [0.05, 0.1) is 36.3 Å². The summed E-state index contributed by atoms with van der Waals surface area (Å²) in [6, 6.07) is 6.75. The van der Waals surface area contributed by atoms with Crippen LogP contribution in [0.3, 0.4) is 0 Å². The molecule has 0 spiro atoms. The molecule has 33 heavy (non-hydrogen) atoms. The zero-order valence-corrected chi connectivity index (χ0v) is 18.2. The Morgan fingerprint density at radius 3 is 2.52 bits per heavy atom. The Labute approximate surface area is 188 Å². The number of hydrogen-bond acceptors (Lipinski definition) is 5. The Morgan fingerprint density at radius 1 is 1.18 bits per heavy atom. The number of carbonyl (C=O) groups is 2. The molecule has 10 heteroatoms. The number of amides is 1. The van der Waals surface area contributed by atoms with Crippen molar-refractivity contribution in [3.63, 3.8) is 0 Å². The first-order valence-corrected chi connectivity index (χ1v) is 10.6. The molecule has 0 aromatic heterocycles. The molecule has 2 aromatic carbocycles. The molecule has 0 unspecified atom stereocenters. The minimum Gasteiger partial charge on any atom is -0.495 e. The van der Waals surface area contributed by atoms with E-state index in [1.807, 2.05) is 0 Å². The molecule has 0 atom stereocenters. The van der Waals surface area contributed by atoms with E-state index in [1.165, 1.54) is 14.2 Å². The average molecular weight is 463 g/mol. The van der Waals surface area contributed by atoms with Gasteiger partial charge in [-0.3, -0.25) is 4.79 Å². The third-order valence-electron chi connectivity index (χ3n) is 6.20. The number of benzene rings is 2. The van der Waals surface area contributed by atoms with E-state index in [0.29, 0.717) is 17.1 Å². The summed E-state index contributed by atoms with van der Waals surface area (Å²) in [7, 11) is 2.65. The molecule has 2 aromatic rings. The number of rotatable bonds is 5. The Kier molecular flexibility index (Phi) is 5.85. The van der Waals surface area contributed by atoms with Crippen LogP contribution in [0.15, 0.2) is 30.3 Å². The highest BCUT2D eigenvalue weighted by molar-refractivity contribution is 6.03. The summed E-state index contributed by atoms with van der Waals surface area (Å²) in [6.45, 7) is -0.720. The maximum Gasteiger partial charge on any atom is 0.342 e. The Balaban J connectivity index is 1.76. The number of nitrogens with one attached hydrogen (secondary N) is 1. The molecule has 0 radical (unpaired) electrons. The molecule has 4 rings (SSSR count). The Morgan fingerprint density at radius 2 is 1.88 bits per heavy atom. The van der Waals surface area contributed by atoms with Crippen LogP contribution in [0, 0.1) is 5.82 Å². The summed E-state index contributed by atoms with van der Waals surface area (Å²) < 4.78 is 48.9. The molecule has 176 valence electrons. The van der Waals surface area contributed by atoms with Gasteiger partial charge in [-0.15, -0.1) is 0 Å². The highest BCUT2D eigenvalue weighted by atomic mass is 19.3. The van der Waals surface area contributed by atoms with E-state index in [4.69, 9.17) is 9.84 Å². The Hall–Kier alpha value is -3.43. The SMILES string of the molecule is COc1cc(C(=O)O)c(F)cc1Nc1ccc2c(c1)N(C1CCCC1)CC(F)(F)C(=O)N2C. The van der Waals surface area contributed by atoms with E-state index in [2.05, 4.69) is 5.32 Å². The molecule has 0 bridgehead atoms. The summed E-state index contributed by atoms with van der Waals surface area (Å²) >= 11 is 0. The van der Waals surface area contributed by atoms with Gasteiger partial charge in [0, 0.05) is 24.8 Å². The fraction of sp³-hybridized carbons (Fsp3) is 0.391. The molecule has 2 aliphatic rings. The van der Waals surface area contributed by atoms with Gasteiger partial charge in [0.1, 0.15) is 11.6 Å². The van der Waals surface area contributed by atoms with Crippen molar-refractivity contribution in [2.45, 2.75) is 37.6 Å². The lowest BCUT2D eigenvalue weighted by Gasteiger charge is -2.32. The average Bonchev–Trinajstić information content (AvgIpc) is 3.29. The quantitative estimate of drug-likeness (QED) is 0.673. The van der Waals surface area contributed by atoms with Crippen molar-refractivity contribution in [2.75, 3.05) is 35.8 Å². The van der Waals surface area contributed by atoms with Crippen molar-refractivity contribution in [1.82, 2.24) is 0 Å². The number of fused-ring (bicyclic) bond motifs is 1. The number of carboxylic acid groups (broad SMARTS) is 1. The number of carbonyl (C=O) groups excluding carboxylic acids is 1. The molecule has 1 heterocycles. The molecule has 2 N–H and O–H groups in total. The Bertz CT molecular complexity index is 1100. The molecular weight excluding hydrogens is 439 g/mol. The number of carboxylic acids is 1. The normalized spacial score (nSPS) is 18.2. The van der Waals surface area contributed by atoms with Gasteiger partial charge in [-0.05, 0) is 37.1 Å². The first-order valence-electron chi connectivity index (χ1n) is 10.6. The summed E-state index contributed by atoms with van der Waals surface area (Å²) in [5, 5.41) is 12.1. The lowest BCUT2D eigenvalue weighted by Crippen LogP contribution is -2.48. The predicted octanol–water partition coefficient (Wildman–Crippen LogP) is 4.64. The van der Waals surface area contributed by atoms with E-state index >= 15 is 0 Å². The standard InChI is InChI=1S/C23H24F3N3O4/c1-28-18-8-7-13(27-17-11-16(24)15(21(30)31)10-20(17)33-2)9-19(18)29(14-5-3-4-6-14)12-23(25,26)22(28)32/h7-11,14,27H,3-6,12H2,1-2H3,(H,30,31). The van der Waals surface area contributed by atoms with E-state index in [0.717, 1.165) is 42.7 Å².